The maximum Gasteiger partial charge on any atom is 0.146 e. The molecule has 1 aliphatic carbocycles. The summed E-state index contributed by atoms with van der Waals surface area (Å²) in [6.45, 7) is 4.18. The monoisotopic (exact) mass is 235 g/mol. The Bertz CT molecular complexity index is 367. The van der Waals surface area contributed by atoms with Crippen molar-refractivity contribution in [2.45, 2.75) is 52.0 Å². The predicted molar refractivity (Wildman–Crippen MR) is 70.8 cm³/mol. The highest BCUT2D eigenvalue weighted by Crippen LogP contribution is 2.29. The van der Waals surface area contributed by atoms with Gasteiger partial charge in [-0.2, -0.15) is 0 Å². The fourth-order valence-corrected chi connectivity index (χ4v) is 2.67. The van der Waals surface area contributed by atoms with Crippen LogP contribution in [0.4, 0.5) is 10.1 Å². The summed E-state index contributed by atoms with van der Waals surface area (Å²) in [5, 5.41) is 3.35. The Balaban J connectivity index is 1.93. The van der Waals surface area contributed by atoms with Gasteiger partial charge in [0.25, 0.3) is 0 Å². The molecule has 0 spiro atoms. The van der Waals surface area contributed by atoms with E-state index in [0.29, 0.717) is 11.7 Å². The van der Waals surface area contributed by atoms with Crippen molar-refractivity contribution < 1.29 is 4.39 Å². The Kier molecular flexibility index (Phi) is 4.03. The molecule has 0 saturated heterocycles. The highest BCUT2D eigenvalue weighted by atomic mass is 19.1. The molecule has 2 rings (SSSR count). The van der Waals surface area contributed by atoms with Crippen molar-refractivity contribution >= 4 is 5.69 Å². The van der Waals surface area contributed by atoms with Gasteiger partial charge in [-0.3, -0.25) is 0 Å². The van der Waals surface area contributed by atoms with Gasteiger partial charge in [0, 0.05) is 6.04 Å². The quantitative estimate of drug-likeness (QED) is 0.812. The van der Waals surface area contributed by atoms with Crippen LogP contribution in [0.2, 0.25) is 0 Å². The van der Waals surface area contributed by atoms with Crippen LogP contribution in [0.3, 0.4) is 0 Å². The van der Waals surface area contributed by atoms with Crippen molar-refractivity contribution in [2.24, 2.45) is 5.92 Å². The van der Waals surface area contributed by atoms with Crippen LogP contribution in [0, 0.1) is 18.7 Å². The molecule has 0 amide bonds. The fourth-order valence-electron chi connectivity index (χ4n) is 2.67. The van der Waals surface area contributed by atoms with Crippen LogP contribution >= 0.6 is 0 Å². The van der Waals surface area contributed by atoms with E-state index in [1.807, 2.05) is 19.1 Å². The lowest BCUT2D eigenvalue weighted by atomic mass is 9.84. The molecule has 17 heavy (non-hydrogen) atoms. The lowest BCUT2D eigenvalue weighted by Gasteiger charge is -2.29. The van der Waals surface area contributed by atoms with Gasteiger partial charge in [-0.15, -0.1) is 0 Å². The van der Waals surface area contributed by atoms with Gasteiger partial charge in [0.15, 0.2) is 0 Å². The molecule has 0 aromatic heterocycles. The van der Waals surface area contributed by atoms with E-state index in [1.165, 1.54) is 32.1 Å². The van der Waals surface area contributed by atoms with E-state index in [0.717, 1.165) is 11.5 Å². The van der Waals surface area contributed by atoms with Crippen molar-refractivity contribution in [3.8, 4) is 0 Å². The Hall–Kier alpha value is -1.05. The standard InChI is InChI=1S/C15H22FN/c1-3-12-5-7-13(8-6-12)17-15-9-4-11(2)10-14(15)16/h4,9-10,12-13,17H,3,5-8H2,1-2H3. The van der Waals surface area contributed by atoms with Crippen molar-refractivity contribution in [2.75, 3.05) is 5.32 Å². The average molecular weight is 235 g/mol. The summed E-state index contributed by atoms with van der Waals surface area (Å²) >= 11 is 0. The summed E-state index contributed by atoms with van der Waals surface area (Å²) < 4.78 is 13.7. The van der Waals surface area contributed by atoms with Crippen LogP contribution in [-0.2, 0) is 0 Å². The average Bonchev–Trinajstić information content (AvgIpc) is 2.34. The second-order valence-corrected chi connectivity index (χ2v) is 5.25. The molecule has 0 bridgehead atoms. The maximum absolute atomic E-state index is 13.7. The van der Waals surface area contributed by atoms with Crippen molar-refractivity contribution in [1.82, 2.24) is 0 Å². The summed E-state index contributed by atoms with van der Waals surface area (Å²) in [5.41, 5.74) is 1.64. The molecule has 1 nitrogen and oxygen atoms in total. The van der Waals surface area contributed by atoms with Crippen LogP contribution < -0.4 is 5.32 Å². The van der Waals surface area contributed by atoms with Crippen LogP contribution in [0.25, 0.3) is 0 Å². The van der Waals surface area contributed by atoms with Crippen LogP contribution in [0.5, 0.6) is 0 Å². The summed E-state index contributed by atoms with van der Waals surface area (Å²) in [5.74, 6) is 0.763. The van der Waals surface area contributed by atoms with E-state index < -0.39 is 0 Å². The number of anilines is 1. The Morgan fingerprint density at radius 3 is 2.53 bits per heavy atom. The molecular weight excluding hydrogens is 213 g/mol. The zero-order valence-electron chi connectivity index (χ0n) is 10.8. The van der Waals surface area contributed by atoms with Crippen LogP contribution in [0.15, 0.2) is 18.2 Å². The maximum atomic E-state index is 13.7. The Labute approximate surface area is 103 Å². The fraction of sp³-hybridized carbons (Fsp3) is 0.600. The molecular formula is C15H22FN. The lowest BCUT2D eigenvalue weighted by Crippen LogP contribution is -2.26. The largest absolute Gasteiger partial charge is 0.380 e. The summed E-state index contributed by atoms with van der Waals surface area (Å²) in [6.07, 6.45) is 6.19. The summed E-state index contributed by atoms with van der Waals surface area (Å²) in [7, 11) is 0. The number of hydrogen-bond acceptors (Lipinski definition) is 1. The first-order valence-corrected chi connectivity index (χ1v) is 6.71. The number of aryl methyl sites for hydroxylation is 1. The van der Waals surface area contributed by atoms with Gasteiger partial charge in [-0.25, -0.2) is 4.39 Å². The molecule has 1 fully saturated rings. The minimum absolute atomic E-state index is 0.123. The van der Waals surface area contributed by atoms with Gasteiger partial charge in [-0.05, 0) is 56.2 Å². The molecule has 0 unspecified atom stereocenters. The van der Waals surface area contributed by atoms with Crippen molar-refractivity contribution in [3.63, 3.8) is 0 Å². The second kappa shape index (κ2) is 5.52. The molecule has 1 aromatic carbocycles. The third-order valence-corrected chi connectivity index (χ3v) is 3.91. The van der Waals surface area contributed by atoms with Gasteiger partial charge in [0.2, 0.25) is 0 Å². The first kappa shape index (κ1) is 12.4. The summed E-state index contributed by atoms with van der Waals surface area (Å²) in [6, 6.07) is 5.87. The highest BCUT2D eigenvalue weighted by Gasteiger charge is 2.20. The first-order valence-electron chi connectivity index (χ1n) is 6.71. The highest BCUT2D eigenvalue weighted by molar-refractivity contribution is 5.47. The number of halogens is 1. The second-order valence-electron chi connectivity index (χ2n) is 5.25. The minimum Gasteiger partial charge on any atom is -0.380 e. The molecule has 0 atom stereocenters. The summed E-state index contributed by atoms with van der Waals surface area (Å²) in [4.78, 5) is 0. The van der Waals surface area contributed by atoms with E-state index in [4.69, 9.17) is 0 Å². The number of hydrogen-bond donors (Lipinski definition) is 1. The van der Waals surface area contributed by atoms with Crippen molar-refractivity contribution in [1.29, 1.82) is 0 Å². The zero-order chi connectivity index (χ0) is 12.3. The SMILES string of the molecule is CCC1CCC(Nc2ccc(C)cc2F)CC1. The third-order valence-electron chi connectivity index (χ3n) is 3.91. The predicted octanol–water partition coefficient (Wildman–Crippen LogP) is 4.51. The molecule has 1 aromatic rings. The number of benzene rings is 1. The molecule has 94 valence electrons. The molecule has 0 aliphatic heterocycles. The molecule has 0 radical (unpaired) electrons. The van der Waals surface area contributed by atoms with Gasteiger partial charge >= 0.3 is 0 Å². The normalized spacial score (nSPS) is 24.6. The molecule has 2 heteroatoms. The number of rotatable bonds is 3. The van der Waals surface area contributed by atoms with E-state index in [2.05, 4.69) is 12.2 Å². The van der Waals surface area contributed by atoms with E-state index in [-0.39, 0.29) is 5.82 Å². The van der Waals surface area contributed by atoms with Gasteiger partial charge in [0.1, 0.15) is 5.82 Å². The molecule has 1 aliphatic rings. The van der Waals surface area contributed by atoms with Crippen LogP contribution in [-0.4, -0.2) is 6.04 Å². The van der Waals surface area contributed by atoms with Gasteiger partial charge < -0.3 is 5.32 Å². The topological polar surface area (TPSA) is 12.0 Å². The van der Waals surface area contributed by atoms with Gasteiger partial charge in [0.05, 0.1) is 5.69 Å². The Morgan fingerprint density at radius 2 is 1.94 bits per heavy atom. The van der Waals surface area contributed by atoms with Crippen LogP contribution in [0.1, 0.15) is 44.6 Å². The smallest absolute Gasteiger partial charge is 0.146 e. The van der Waals surface area contributed by atoms with E-state index >= 15 is 0 Å². The van der Waals surface area contributed by atoms with Gasteiger partial charge in [-0.1, -0.05) is 19.4 Å². The number of nitrogens with one attached hydrogen (secondary N) is 1. The lowest BCUT2D eigenvalue weighted by molar-refractivity contribution is 0.329. The zero-order valence-corrected chi connectivity index (χ0v) is 10.8. The van der Waals surface area contributed by atoms with E-state index in [9.17, 15) is 4.39 Å². The molecule has 0 heterocycles. The third kappa shape index (κ3) is 3.21. The molecule has 1 N–H and O–H groups in total. The van der Waals surface area contributed by atoms with Crippen molar-refractivity contribution in [3.05, 3.63) is 29.6 Å². The molecule has 1 saturated carbocycles. The Morgan fingerprint density at radius 1 is 1.24 bits per heavy atom. The minimum atomic E-state index is -0.123. The van der Waals surface area contributed by atoms with E-state index in [1.54, 1.807) is 6.07 Å². The first-order chi connectivity index (χ1) is 8.19.